The van der Waals surface area contributed by atoms with Crippen molar-refractivity contribution in [2.45, 2.75) is 58.7 Å². The summed E-state index contributed by atoms with van der Waals surface area (Å²) in [6.07, 6.45) is -0.0296. The Hall–Kier alpha value is -2.34. The molecule has 3 nitrogen and oxygen atoms in total. The SMILES string of the molecule is CC(=O)O.CC(C)c1ccc(CN2CCCCC2)cc1.FC(F)(F)c1ccccc1. The van der Waals surface area contributed by atoms with Crippen LogP contribution >= 0.6 is 0 Å². The van der Waals surface area contributed by atoms with Gasteiger partial charge in [-0.15, -0.1) is 0 Å². The lowest BCUT2D eigenvalue weighted by molar-refractivity contribution is -0.137. The third-order valence-corrected chi connectivity index (χ3v) is 4.60. The fourth-order valence-electron chi connectivity index (χ4n) is 3.01. The number of likely N-dealkylation sites (tertiary alicyclic amines) is 1. The third-order valence-electron chi connectivity index (χ3n) is 4.60. The molecule has 1 aliphatic heterocycles. The quantitative estimate of drug-likeness (QED) is 0.605. The van der Waals surface area contributed by atoms with Gasteiger partial charge in [-0.05, 0) is 43.0 Å². The molecule has 0 spiro atoms. The largest absolute Gasteiger partial charge is 0.481 e. The van der Waals surface area contributed by atoms with E-state index in [4.69, 9.17) is 9.90 Å². The molecule has 0 amide bonds. The van der Waals surface area contributed by atoms with Gasteiger partial charge in [0.25, 0.3) is 5.97 Å². The number of piperidine rings is 1. The summed E-state index contributed by atoms with van der Waals surface area (Å²) >= 11 is 0. The lowest BCUT2D eigenvalue weighted by Gasteiger charge is -2.26. The van der Waals surface area contributed by atoms with Crippen molar-refractivity contribution in [3.8, 4) is 0 Å². The zero-order chi connectivity index (χ0) is 22.6. The number of carboxylic acids is 1. The number of halogens is 3. The molecule has 1 aliphatic rings. The Labute approximate surface area is 177 Å². The fraction of sp³-hybridized carbons (Fsp3) is 0.458. The van der Waals surface area contributed by atoms with Gasteiger partial charge >= 0.3 is 6.18 Å². The van der Waals surface area contributed by atoms with Crippen LogP contribution in [0.2, 0.25) is 0 Å². The number of benzene rings is 2. The van der Waals surface area contributed by atoms with Crippen molar-refractivity contribution in [2.75, 3.05) is 13.1 Å². The Morgan fingerprint density at radius 3 is 1.87 bits per heavy atom. The number of alkyl halides is 3. The smallest absolute Gasteiger partial charge is 0.416 e. The van der Waals surface area contributed by atoms with Crippen LogP contribution in [-0.2, 0) is 17.5 Å². The van der Waals surface area contributed by atoms with Crippen LogP contribution in [0.4, 0.5) is 13.2 Å². The number of carbonyl (C=O) groups is 1. The molecule has 0 aromatic heterocycles. The average molecular weight is 424 g/mol. The summed E-state index contributed by atoms with van der Waals surface area (Å²) in [5.41, 5.74) is 2.31. The van der Waals surface area contributed by atoms with Gasteiger partial charge in [0.2, 0.25) is 0 Å². The Bertz CT molecular complexity index is 718. The number of aliphatic carboxylic acids is 1. The first kappa shape index (κ1) is 25.7. The van der Waals surface area contributed by atoms with E-state index in [0.29, 0.717) is 5.92 Å². The van der Waals surface area contributed by atoms with Crippen LogP contribution < -0.4 is 0 Å². The van der Waals surface area contributed by atoms with Gasteiger partial charge < -0.3 is 5.11 Å². The zero-order valence-electron chi connectivity index (χ0n) is 18.0. The minimum Gasteiger partial charge on any atom is -0.481 e. The standard InChI is InChI=1S/C15H23N.C7H5F3.C2H4O2/c1-13(2)15-8-6-14(7-9-15)12-16-10-4-3-5-11-16;8-7(9,10)6-4-2-1-3-5-6;1-2(3)4/h6-9,13H,3-5,10-12H2,1-2H3;1-5H;1H3,(H,3,4). The Balaban J connectivity index is 0.000000274. The highest BCUT2D eigenvalue weighted by molar-refractivity contribution is 5.62. The van der Waals surface area contributed by atoms with E-state index in [1.165, 1.54) is 55.6 Å². The van der Waals surface area contributed by atoms with Crippen molar-refractivity contribution in [3.63, 3.8) is 0 Å². The van der Waals surface area contributed by atoms with Gasteiger partial charge in [0.05, 0.1) is 5.56 Å². The van der Waals surface area contributed by atoms with Crippen molar-refractivity contribution in [2.24, 2.45) is 0 Å². The van der Waals surface area contributed by atoms with Crippen LogP contribution in [-0.4, -0.2) is 29.1 Å². The molecule has 1 heterocycles. The third kappa shape index (κ3) is 11.0. The molecule has 3 rings (SSSR count). The van der Waals surface area contributed by atoms with E-state index in [2.05, 4.69) is 43.0 Å². The predicted molar refractivity (Wildman–Crippen MR) is 114 cm³/mol. The van der Waals surface area contributed by atoms with Crippen molar-refractivity contribution >= 4 is 5.97 Å². The van der Waals surface area contributed by atoms with Gasteiger partial charge in [0, 0.05) is 13.5 Å². The van der Waals surface area contributed by atoms with Gasteiger partial charge in [-0.2, -0.15) is 13.2 Å². The summed E-state index contributed by atoms with van der Waals surface area (Å²) in [5, 5.41) is 7.42. The maximum atomic E-state index is 11.8. The highest BCUT2D eigenvalue weighted by Crippen LogP contribution is 2.28. The molecule has 0 bridgehead atoms. The molecular weight excluding hydrogens is 391 g/mol. The summed E-state index contributed by atoms with van der Waals surface area (Å²) in [4.78, 5) is 11.6. The van der Waals surface area contributed by atoms with Crippen LogP contribution in [0.5, 0.6) is 0 Å². The maximum Gasteiger partial charge on any atom is 0.416 e. The van der Waals surface area contributed by atoms with E-state index in [1.54, 1.807) is 6.07 Å². The van der Waals surface area contributed by atoms with Crippen LogP contribution in [0.3, 0.4) is 0 Å². The molecular formula is C24H32F3NO2. The molecule has 1 N–H and O–H groups in total. The predicted octanol–water partition coefficient (Wildman–Crippen LogP) is 6.59. The number of nitrogens with zero attached hydrogens (tertiary/aromatic N) is 1. The molecule has 30 heavy (non-hydrogen) atoms. The molecule has 2 aromatic rings. The first-order chi connectivity index (χ1) is 14.1. The Morgan fingerprint density at radius 2 is 1.47 bits per heavy atom. The fourth-order valence-corrected chi connectivity index (χ4v) is 3.01. The molecule has 0 saturated carbocycles. The molecule has 1 saturated heterocycles. The number of hydrogen-bond acceptors (Lipinski definition) is 2. The van der Waals surface area contributed by atoms with E-state index >= 15 is 0 Å². The lowest BCUT2D eigenvalue weighted by Crippen LogP contribution is -2.29. The summed E-state index contributed by atoms with van der Waals surface area (Å²) in [5.74, 6) is -0.191. The van der Waals surface area contributed by atoms with Gasteiger partial charge in [-0.25, -0.2) is 0 Å². The van der Waals surface area contributed by atoms with Crippen molar-refractivity contribution in [3.05, 3.63) is 71.3 Å². The molecule has 0 aliphatic carbocycles. The van der Waals surface area contributed by atoms with E-state index in [-0.39, 0.29) is 0 Å². The Morgan fingerprint density at radius 1 is 0.967 bits per heavy atom. The molecule has 166 valence electrons. The van der Waals surface area contributed by atoms with Crippen molar-refractivity contribution in [1.29, 1.82) is 0 Å². The summed E-state index contributed by atoms with van der Waals surface area (Å²) in [7, 11) is 0. The van der Waals surface area contributed by atoms with E-state index in [0.717, 1.165) is 25.6 Å². The average Bonchev–Trinajstić information content (AvgIpc) is 2.69. The van der Waals surface area contributed by atoms with E-state index < -0.39 is 17.7 Å². The second-order valence-electron chi connectivity index (χ2n) is 7.62. The highest BCUT2D eigenvalue weighted by atomic mass is 19.4. The molecule has 2 aromatic carbocycles. The van der Waals surface area contributed by atoms with Crippen LogP contribution in [0.15, 0.2) is 54.6 Å². The Kier molecular flexibility index (Phi) is 11.2. The summed E-state index contributed by atoms with van der Waals surface area (Å²) in [6.45, 7) is 9.29. The van der Waals surface area contributed by atoms with E-state index in [1.807, 2.05) is 0 Å². The van der Waals surface area contributed by atoms with Gasteiger partial charge in [0.1, 0.15) is 0 Å². The number of rotatable bonds is 3. The maximum absolute atomic E-state index is 11.8. The first-order valence-electron chi connectivity index (χ1n) is 10.2. The molecule has 0 radical (unpaired) electrons. The molecule has 1 fully saturated rings. The molecule has 0 unspecified atom stereocenters. The summed E-state index contributed by atoms with van der Waals surface area (Å²) < 4.78 is 35.4. The first-order valence-corrected chi connectivity index (χ1v) is 10.2. The monoisotopic (exact) mass is 423 g/mol. The van der Waals surface area contributed by atoms with Gasteiger partial charge in [-0.1, -0.05) is 74.9 Å². The van der Waals surface area contributed by atoms with Crippen molar-refractivity contribution < 1.29 is 23.1 Å². The minimum atomic E-state index is -4.21. The highest BCUT2D eigenvalue weighted by Gasteiger charge is 2.29. The zero-order valence-corrected chi connectivity index (χ0v) is 18.0. The van der Waals surface area contributed by atoms with Gasteiger partial charge in [-0.3, -0.25) is 9.69 Å². The second kappa shape index (κ2) is 13.1. The van der Waals surface area contributed by atoms with E-state index in [9.17, 15) is 13.2 Å². The lowest BCUT2D eigenvalue weighted by atomic mass is 10.0. The van der Waals surface area contributed by atoms with Crippen LogP contribution in [0.1, 0.15) is 62.6 Å². The normalized spacial score (nSPS) is 14.2. The molecule has 0 atom stereocenters. The topological polar surface area (TPSA) is 40.5 Å². The van der Waals surface area contributed by atoms with Crippen LogP contribution in [0.25, 0.3) is 0 Å². The number of carboxylic acid groups (broad SMARTS) is 1. The van der Waals surface area contributed by atoms with Crippen molar-refractivity contribution in [1.82, 2.24) is 4.90 Å². The summed E-state index contributed by atoms with van der Waals surface area (Å²) in [6, 6.07) is 15.5. The minimum absolute atomic E-state index is 0.602. The second-order valence-corrected chi connectivity index (χ2v) is 7.62. The number of hydrogen-bond donors (Lipinski definition) is 1. The van der Waals surface area contributed by atoms with Crippen LogP contribution in [0, 0.1) is 0 Å². The van der Waals surface area contributed by atoms with Gasteiger partial charge in [0.15, 0.2) is 0 Å². The molecule has 6 heteroatoms.